The van der Waals surface area contributed by atoms with Crippen LogP contribution in [0.25, 0.3) is 0 Å². The van der Waals surface area contributed by atoms with Crippen molar-refractivity contribution in [1.82, 2.24) is 10.0 Å². The average Bonchev–Trinajstić information content (AvgIpc) is 3.30. The van der Waals surface area contributed by atoms with Gasteiger partial charge in [-0.2, -0.15) is 0 Å². The van der Waals surface area contributed by atoms with Crippen LogP contribution in [0.5, 0.6) is 0 Å². The fourth-order valence-electron chi connectivity index (χ4n) is 2.60. The van der Waals surface area contributed by atoms with Gasteiger partial charge in [0.25, 0.3) is 0 Å². The van der Waals surface area contributed by atoms with Crippen molar-refractivity contribution in [2.24, 2.45) is 5.92 Å². The molecule has 2 fully saturated rings. The molecule has 1 saturated heterocycles. The second-order valence-electron chi connectivity index (χ2n) is 6.01. The van der Waals surface area contributed by atoms with E-state index in [1.807, 2.05) is 12.1 Å². The smallest absolute Gasteiger partial charge is 0.240 e. The van der Waals surface area contributed by atoms with Gasteiger partial charge in [0.15, 0.2) is 0 Å². The molecule has 2 aliphatic rings. The fraction of sp³-hybridized carbons (Fsp3) is 0.600. The standard InChI is InChI=1S/C15H23N3O2S/c19-21(20,18-14-3-4-14)15-7-5-13(6-8-15)17-11-12-2-1-9-16-10-12/h5-8,12,14,16-18H,1-4,9-11H2. The van der Waals surface area contributed by atoms with Gasteiger partial charge in [0.05, 0.1) is 4.90 Å². The zero-order valence-corrected chi connectivity index (χ0v) is 13.0. The minimum atomic E-state index is -3.34. The van der Waals surface area contributed by atoms with Gasteiger partial charge in [-0.05, 0) is 69.0 Å². The van der Waals surface area contributed by atoms with Gasteiger partial charge < -0.3 is 10.6 Å². The quantitative estimate of drug-likeness (QED) is 0.745. The number of rotatable bonds is 6. The van der Waals surface area contributed by atoms with Gasteiger partial charge >= 0.3 is 0 Å². The third-order valence-electron chi connectivity index (χ3n) is 4.06. The van der Waals surface area contributed by atoms with Crippen molar-refractivity contribution < 1.29 is 8.42 Å². The van der Waals surface area contributed by atoms with Crippen LogP contribution in [0.15, 0.2) is 29.2 Å². The van der Waals surface area contributed by atoms with Crippen LogP contribution in [0.1, 0.15) is 25.7 Å². The molecule has 0 amide bonds. The molecule has 1 aromatic carbocycles. The summed E-state index contributed by atoms with van der Waals surface area (Å²) in [6.07, 6.45) is 4.39. The summed E-state index contributed by atoms with van der Waals surface area (Å²) in [5.41, 5.74) is 0.978. The molecule has 1 aromatic rings. The van der Waals surface area contributed by atoms with Gasteiger partial charge in [0.2, 0.25) is 10.0 Å². The molecule has 6 heteroatoms. The maximum absolute atomic E-state index is 12.1. The SMILES string of the molecule is O=S(=O)(NC1CC1)c1ccc(NCC2CCCNC2)cc1. The van der Waals surface area contributed by atoms with Gasteiger partial charge in [-0.1, -0.05) is 0 Å². The molecule has 5 nitrogen and oxygen atoms in total. The van der Waals surface area contributed by atoms with Gasteiger partial charge in [-0.25, -0.2) is 13.1 Å². The zero-order valence-electron chi connectivity index (χ0n) is 12.1. The first-order chi connectivity index (χ1) is 10.1. The van der Waals surface area contributed by atoms with E-state index in [1.54, 1.807) is 12.1 Å². The minimum Gasteiger partial charge on any atom is -0.385 e. The van der Waals surface area contributed by atoms with Crippen LogP contribution in [0.2, 0.25) is 0 Å². The molecule has 1 unspecified atom stereocenters. The van der Waals surface area contributed by atoms with E-state index in [4.69, 9.17) is 0 Å². The number of nitrogens with one attached hydrogen (secondary N) is 3. The third-order valence-corrected chi connectivity index (χ3v) is 5.59. The Balaban J connectivity index is 1.55. The Kier molecular flexibility index (Phi) is 4.47. The van der Waals surface area contributed by atoms with E-state index < -0.39 is 10.0 Å². The lowest BCUT2D eigenvalue weighted by molar-refractivity contribution is 0.393. The molecule has 0 aromatic heterocycles. The fourth-order valence-corrected chi connectivity index (χ4v) is 3.91. The maximum Gasteiger partial charge on any atom is 0.240 e. The van der Waals surface area contributed by atoms with E-state index in [0.29, 0.717) is 10.8 Å². The molecule has 0 radical (unpaired) electrons. The lowest BCUT2D eigenvalue weighted by Gasteiger charge is -2.23. The molecule has 0 bridgehead atoms. The van der Waals surface area contributed by atoms with E-state index in [2.05, 4.69) is 15.4 Å². The number of benzene rings is 1. The Bertz CT molecular complexity index is 561. The zero-order chi connectivity index (χ0) is 14.7. The number of piperidine rings is 1. The summed E-state index contributed by atoms with van der Waals surface area (Å²) < 4.78 is 26.8. The molecule has 1 heterocycles. The van der Waals surface area contributed by atoms with Gasteiger partial charge in [-0.3, -0.25) is 0 Å². The summed E-state index contributed by atoms with van der Waals surface area (Å²) in [6.45, 7) is 3.11. The van der Waals surface area contributed by atoms with E-state index in [1.165, 1.54) is 12.8 Å². The van der Waals surface area contributed by atoms with Crippen molar-refractivity contribution in [3.8, 4) is 0 Å². The maximum atomic E-state index is 12.1. The molecule has 3 rings (SSSR count). The second kappa shape index (κ2) is 6.34. The van der Waals surface area contributed by atoms with Crippen LogP contribution in [-0.2, 0) is 10.0 Å². The predicted octanol–water partition coefficient (Wildman–Crippen LogP) is 1.54. The predicted molar refractivity (Wildman–Crippen MR) is 83.9 cm³/mol. The van der Waals surface area contributed by atoms with Crippen LogP contribution < -0.4 is 15.4 Å². The number of sulfonamides is 1. The van der Waals surface area contributed by atoms with Crippen LogP contribution in [-0.4, -0.2) is 34.1 Å². The lowest BCUT2D eigenvalue weighted by atomic mass is 10.00. The number of anilines is 1. The second-order valence-corrected chi connectivity index (χ2v) is 7.73. The van der Waals surface area contributed by atoms with Crippen molar-refractivity contribution in [2.45, 2.75) is 36.6 Å². The van der Waals surface area contributed by atoms with Gasteiger partial charge in [0.1, 0.15) is 0 Å². The van der Waals surface area contributed by atoms with Crippen LogP contribution in [0.3, 0.4) is 0 Å². The van der Waals surface area contributed by atoms with Crippen LogP contribution in [0, 0.1) is 5.92 Å². The summed E-state index contributed by atoms with van der Waals surface area (Å²) in [4.78, 5) is 0.347. The van der Waals surface area contributed by atoms with Crippen LogP contribution >= 0.6 is 0 Å². The van der Waals surface area contributed by atoms with Crippen molar-refractivity contribution in [2.75, 3.05) is 25.0 Å². The minimum absolute atomic E-state index is 0.145. The van der Waals surface area contributed by atoms with E-state index in [-0.39, 0.29) is 6.04 Å². The van der Waals surface area contributed by atoms with Crippen molar-refractivity contribution in [1.29, 1.82) is 0 Å². The number of hydrogen-bond donors (Lipinski definition) is 3. The third kappa shape index (κ3) is 4.18. The largest absolute Gasteiger partial charge is 0.385 e. The molecule has 1 aliphatic heterocycles. The normalized spacial score (nSPS) is 23.0. The highest BCUT2D eigenvalue weighted by molar-refractivity contribution is 7.89. The molecule has 0 spiro atoms. The van der Waals surface area contributed by atoms with E-state index in [0.717, 1.165) is 38.2 Å². The van der Waals surface area contributed by atoms with Crippen molar-refractivity contribution in [3.05, 3.63) is 24.3 Å². The van der Waals surface area contributed by atoms with Gasteiger partial charge in [-0.15, -0.1) is 0 Å². The molecule has 3 N–H and O–H groups in total. The summed E-state index contributed by atoms with van der Waals surface area (Å²) >= 11 is 0. The highest BCUT2D eigenvalue weighted by atomic mass is 32.2. The Morgan fingerprint density at radius 2 is 1.90 bits per heavy atom. The molecular weight excluding hydrogens is 286 g/mol. The number of hydrogen-bond acceptors (Lipinski definition) is 4. The topological polar surface area (TPSA) is 70.2 Å². The van der Waals surface area contributed by atoms with Crippen LogP contribution in [0.4, 0.5) is 5.69 Å². The van der Waals surface area contributed by atoms with Crippen molar-refractivity contribution >= 4 is 15.7 Å². The molecule has 1 saturated carbocycles. The Morgan fingerprint density at radius 1 is 1.14 bits per heavy atom. The molecule has 1 aliphatic carbocycles. The van der Waals surface area contributed by atoms with Gasteiger partial charge in [0, 0.05) is 18.3 Å². The Hall–Kier alpha value is -1.11. The summed E-state index contributed by atoms with van der Waals surface area (Å²) in [5.74, 6) is 0.652. The van der Waals surface area contributed by atoms with E-state index >= 15 is 0 Å². The lowest BCUT2D eigenvalue weighted by Crippen LogP contribution is -2.33. The summed E-state index contributed by atoms with van der Waals surface area (Å²) in [5, 5.41) is 6.79. The first-order valence-electron chi connectivity index (χ1n) is 7.70. The summed E-state index contributed by atoms with van der Waals surface area (Å²) in [6, 6.07) is 7.18. The molecular formula is C15H23N3O2S. The summed E-state index contributed by atoms with van der Waals surface area (Å²) in [7, 11) is -3.34. The first kappa shape index (κ1) is 14.8. The molecule has 1 atom stereocenters. The van der Waals surface area contributed by atoms with Crippen molar-refractivity contribution in [3.63, 3.8) is 0 Å². The highest BCUT2D eigenvalue weighted by Gasteiger charge is 2.27. The monoisotopic (exact) mass is 309 g/mol. The Labute approximate surface area is 126 Å². The van der Waals surface area contributed by atoms with E-state index in [9.17, 15) is 8.42 Å². The molecule has 116 valence electrons. The Morgan fingerprint density at radius 3 is 2.52 bits per heavy atom. The first-order valence-corrected chi connectivity index (χ1v) is 9.19. The average molecular weight is 309 g/mol. The highest BCUT2D eigenvalue weighted by Crippen LogP contribution is 2.23. The molecule has 21 heavy (non-hydrogen) atoms.